The van der Waals surface area contributed by atoms with Crippen molar-refractivity contribution < 1.29 is 5.11 Å². The maximum absolute atomic E-state index is 10.5. The van der Waals surface area contributed by atoms with E-state index in [9.17, 15) is 5.11 Å². The third-order valence-electron chi connectivity index (χ3n) is 5.38. The van der Waals surface area contributed by atoms with E-state index in [4.69, 9.17) is 0 Å². The van der Waals surface area contributed by atoms with E-state index in [1.54, 1.807) is 12.7 Å². The van der Waals surface area contributed by atoms with Crippen LogP contribution in [0.15, 0.2) is 31.1 Å². The van der Waals surface area contributed by atoms with Crippen LogP contribution in [-0.4, -0.2) is 60.3 Å². The van der Waals surface area contributed by atoms with Crippen molar-refractivity contribution in [2.24, 2.45) is 11.8 Å². The molecule has 1 saturated heterocycles. The standard InChI is InChI=1S/C16H24N6O/c23-16-8-14-10-20(4-2-6-21-5-1-3-18-21)9-13(14)7-15(16)22-12-17-11-19-22/h1,3,5,11-16,23H,2,4,6-10H2/t13-,14+,15-,16-/m1/s1. The highest BCUT2D eigenvalue weighted by Crippen LogP contribution is 2.40. The van der Waals surface area contributed by atoms with E-state index < -0.39 is 0 Å². The number of hydrogen-bond acceptors (Lipinski definition) is 5. The Bertz CT molecular complexity index is 598. The van der Waals surface area contributed by atoms with Gasteiger partial charge in [0.15, 0.2) is 0 Å². The van der Waals surface area contributed by atoms with Gasteiger partial charge < -0.3 is 10.0 Å². The largest absolute Gasteiger partial charge is 0.391 e. The zero-order valence-electron chi connectivity index (χ0n) is 13.3. The van der Waals surface area contributed by atoms with Gasteiger partial charge in [-0.05, 0) is 43.7 Å². The zero-order chi connectivity index (χ0) is 15.6. The molecule has 1 aliphatic heterocycles. The summed E-state index contributed by atoms with van der Waals surface area (Å²) in [5.41, 5.74) is 0. The van der Waals surface area contributed by atoms with Crippen molar-refractivity contribution in [3.63, 3.8) is 0 Å². The first kappa shape index (κ1) is 14.8. The van der Waals surface area contributed by atoms with Crippen LogP contribution in [0.2, 0.25) is 0 Å². The summed E-state index contributed by atoms with van der Waals surface area (Å²) in [6, 6.07) is 2.05. The average molecular weight is 316 g/mol. The van der Waals surface area contributed by atoms with Gasteiger partial charge >= 0.3 is 0 Å². The minimum absolute atomic E-state index is 0.0859. The Morgan fingerprint density at radius 3 is 2.70 bits per heavy atom. The summed E-state index contributed by atoms with van der Waals surface area (Å²) in [6.45, 7) is 4.34. The first-order chi connectivity index (χ1) is 11.3. The van der Waals surface area contributed by atoms with Gasteiger partial charge in [0.2, 0.25) is 0 Å². The highest BCUT2D eigenvalue weighted by Gasteiger charge is 2.42. The molecule has 7 heteroatoms. The molecule has 2 aliphatic rings. The predicted molar refractivity (Wildman–Crippen MR) is 84.6 cm³/mol. The maximum Gasteiger partial charge on any atom is 0.137 e. The molecule has 0 amide bonds. The van der Waals surface area contributed by atoms with Crippen LogP contribution in [0.3, 0.4) is 0 Å². The molecule has 0 bridgehead atoms. The van der Waals surface area contributed by atoms with Gasteiger partial charge in [-0.25, -0.2) is 9.67 Å². The lowest BCUT2D eigenvalue weighted by atomic mass is 9.77. The summed E-state index contributed by atoms with van der Waals surface area (Å²) >= 11 is 0. The number of aliphatic hydroxyl groups is 1. The fourth-order valence-corrected chi connectivity index (χ4v) is 4.25. The Labute approximate surface area is 135 Å². The smallest absolute Gasteiger partial charge is 0.137 e. The second-order valence-electron chi connectivity index (χ2n) is 6.88. The lowest BCUT2D eigenvalue weighted by Crippen LogP contribution is -2.36. The van der Waals surface area contributed by atoms with Gasteiger partial charge in [0.05, 0.1) is 12.1 Å². The lowest BCUT2D eigenvalue weighted by molar-refractivity contribution is 0.0305. The molecule has 0 spiro atoms. The molecule has 7 nitrogen and oxygen atoms in total. The normalized spacial score (nSPS) is 31.3. The molecular formula is C16H24N6O. The van der Waals surface area contributed by atoms with Crippen LogP contribution >= 0.6 is 0 Å². The summed E-state index contributed by atoms with van der Waals surface area (Å²) in [6.07, 6.45) is 9.83. The van der Waals surface area contributed by atoms with Crippen LogP contribution < -0.4 is 0 Å². The van der Waals surface area contributed by atoms with Crippen molar-refractivity contribution >= 4 is 0 Å². The van der Waals surface area contributed by atoms with Crippen molar-refractivity contribution in [3.05, 3.63) is 31.1 Å². The molecule has 2 aromatic heterocycles. The molecule has 4 atom stereocenters. The SMILES string of the molecule is O[C@@H]1C[C@H]2CN(CCCn3cccn3)C[C@H]2C[C@H]1n1cncn1. The van der Waals surface area contributed by atoms with Crippen LogP contribution in [0.5, 0.6) is 0 Å². The van der Waals surface area contributed by atoms with E-state index >= 15 is 0 Å². The van der Waals surface area contributed by atoms with Gasteiger partial charge in [-0.15, -0.1) is 0 Å². The molecule has 1 N–H and O–H groups in total. The van der Waals surface area contributed by atoms with E-state index in [0.717, 1.165) is 45.4 Å². The lowest BCUT2D eigenvalue weighted by Gasteiger charge is -2.35. The predicted octanol–water partition coefficient (Wildman–Crippen LogP) is 0.809. The minimum atomic E-state index is -0.304. The van der Waals surface area contributed by atoms with Crippen molar-refractivity contribution in [2.75, 3.05) is 19.6 Å². The first-order valence-electron chi connectivity index (χ1n) is 8.51. The van der Waals surface area contributed by atoms with Crippen LogP contribution in [0, 0.1) is 11.8 Å². The molecule has 0 unspecified atom stereocenters. The maximum atomic E-state index is 10.5. The summed E-state index contributed by atoms with van der Waals surface area (Å²) in [5.74, 6) is 1.28. The number of rotatable bonds is 5. The summed E-state index contributed by atoms with van der Waals surface area (Å²) in [5, 5.41) is 18.9. The highest BCUT2D eigenvalue weighted by atomic mass is 16.3. The fourth-order valence-electron chi connectivity index (χ4n) is 4.25. The third-order valence-corrected chi connectivity index (χ3v) is 5.38. The minimum Gasteiger partial charge on any atom is -0.391 e. The first-order valence-corrected chi connectivity index (χ1v) is 8.51. The van der Waals surface area contributed by atoms with Gasteiger partial charge in [-0.1, -0.05) is 0 Å². The van der Waals surface area contributed by atoms with Gasteiger partial charge in [-0.3, -0.25) is 4.68 Å². The van der Waals surface area contributed by atoms with Crippen molar-refractivity contribution in [3.8, 4) is 0 Å². The Balaban J connectivity index is 1.30. The highest BCUT2D eigenvalue weighted by molar-refractivity contribution is 4.94. The van der Waals surface area contributed by atoms with Gasteiger partial charge in [0.25, 0.3) is 0 Å². The van der Waals surface area contributed by atoms with Crippen LogP contribution in [-0.2, 0) is 6.54 Å². The Hall–Kier alpha value is -1.73. The average Bonchev–Trinajstić information content (AvgIpc) is 3.27. The summed E-state index contributed by atoms with van der Waals surface area (Å²) in [4.78, 5) is 6.57. The molecule has 23 heavy (non-hydrogen) atoms. The number of likely N-dealkylation sites (tertiary alicyclic amines) is 1. The zero-order valence-corrected chi connectivity index (χ0v) is 13.3. The Morgan fingerprint density at radius 1 is 1.09 bits per heavy atom. The topological polar surface area (TPSA) is 72.0 Å². The van der Waals surface area contributed by atoms with Crippen molar-refractivity contribution in [2.45, 2.75) is 38.0 Å². The van der Waals surface area contributed by atoms with Crippen molar-refractivity contribution in [1.29, 1.82) is 0 Å². The van der Waals surface area contributed by atoms with E-state index in [-0.39, 0.29) is 12.1 Å². The molecule has 3 heterocycles. The van der Waals surface area contributed by atoms with Gasteiger partial charge in [0, 0.05) is 32.0 Å². The van der Waals surface area contributed by atoms with Crippen LogP contribution in [0.25, 0.3) is 0 Å². The van der Waals surface area contributed by atoms with Crippen molar-refractivity contribution in [1.82, 2.24) is 29.4 Å². The fraction of sp³-hybridized carbons (Fsp3) is 0.688. The van der Waals surface area contributed by atoms with E-state index in [1.165, 1.54) is 0 Å². The summed E-state index contributed by atoms with van der Waals surface area (Å²) in [7, 11) is 0. The quantitative estimate of drug-likeness (QED) is 0.884. The molecule has 1 aliphatic carbocycles. The summed E-state index contributed by atoms with van der Waals surface area (Å²) < 4.78 is 3.83. The number of aliphatic hydroxyl groups excluding tert-OH is 1. The molecular weight excluding hydrogens is 292 g/mol. The Kier molecular flexibility index (Phi) is 4.13. The molecule has 0 radical (unpaired) electrons. The van der Waals surface area contributed by atoms with E-state index in [2.05, 4.69) is 20.1 Å². The third kappa shape index (κ3) is 3.16. The van der Waals surface area contributed by atoms with Crippen LogP contribution in [0.4, 0.5) is 0 Å². The van der Waals surface area contributed by atoms with Crippen LogP contribution in [0.1, 0.15) is 25.3 Å². The molecule has 2 aromatic rings. The molecule has 4 rings (SSSR count). The number of hydrogen-bond donors (Lipinski definition) is 1. The number of fused-ring (bicyclic) bond motifs is 1. The number of aryl methyl sites for hydroxylation is 1. The van der Waals surface area contributed by atoms with Gasteiger partial charge in [0.1, 0.15) is 12.7 Å². The molecule has 1 saturated carbocycles. The Morgan fingerprint density at radius 2 is 1.96 bits per heavy atom. The molecule has 2 fully saturated rings. The van der Waals surface area contributed by atoms with E-state index in [0.29, 0.717) is 11.8 Å². The number of aromatic nitrogens is 5. The molecule has 0 aromatic carbocycles. The van der Waals surface area contributed by atoms with E-state index in [1.807, 2.05) is 27.8 Å². The second-order valence-corrected chi connectivity index (χ2v) is 6.88. The molecule has 124 valence electrons. The number of nitrogens with zero attached hydrogens (tertiary/aromatic N) is 6. The van der Waals surface area contributed by atoms with Gasteiger partial charge in [-0.2, -0.15) is 10.2 Å². The monoisotopic (exact) mass is 316 g/mol. The second kappa shape index (κ2) is 6.41.